The molecule has 234 valence electrons. The summed E-state index contributed by atoms with van der Waals surface area (Å²) < 4.78 is 24.2. The molecular formula is C37H51NO4S. The molecule has 0 heterocycles. The fraction of sp³-hybridized carbons (Fsp3) is 0.432. The van der Waals surface area contributed by atoms with Crippen LogP contribution in [0.25, 0.3) is 0 Å². The highest BCUT2D eigenvalue weighted by atomic mass is 32.3. The van der Waals surface area contributed by atoms with Crippen molar-refractivity contribution in [3.05, 3.63) is 102 Å². The lowest BCUT2D eigenvalue weighted by Crippen LogP contribution is -2.27. The Labute approximate surface area is 262 Å². The van der Waals surface area contributed by atoms with E-state index in [-0.39, 0.29) is 22.9 Å². The van der Waals surface area contributed by atoms with Crippen molar-refractivity contribution >= 4 is 16.2 Å². The van der Waals surface area contributed by atoms with E-state index in [1.54, 1.807) is 12.3 Å². The maximum Gasteiger partial charge on any atom is 0.212 e. The molecule has 2 aromatic carbocycles. The first kappa shape index (κ1) is 36.0. The zero-order chi connectivity index (χ0) is 32.0. The number of nitrogens with zero attached hydrogens (tertiary/aromatic N) is 1. The Morgan fingerprint density at radius 2 is 1.77 bits per heavy atom. The van der Waals surface area contributed by atoms with Crippen molar-refractivity contribution in [3.8, 4) is 18.1 Å². The van der Waals surface area contributed by atoms with Crippen LogP contribution in [-0.4, -0.2) is 48.6 Å². The molecule has 43 heavy (non-hydrogen) atoms. The van der Waals surface area contributed by atoms with Gasteiger partial charge in [0.05, 0.1) is 24.7 Å². The van der Waals surface area contributed by atoms with Gasteiger partial charge in [-0.3, -0.25) is 0 Å². The topological polar surface area (TPSA) is 49.3 Å². The number of benzene rings is 2. The Balaban J connectivity index is 1.89. The lowest BCUT2D eigenvalue weighted by atomic mass is 9.89. The number of rotatable bonds is 16. The van der Waals surface area contributed by atoms with Crippen LogP contribution in [0, 0.1) is 19.3 Å². The summed E-state index contributed by atoms with van der Waals surface area (Å²) in [5, 5.41) is 0. The van der Waals surface area contributed by atoms with Crippen LogP contribution in [0.1, 0.15) is 63.6 Å². The molecule has 0 radical (unpaired) electrons. The van der Waals surface area contributed by atoms with E-state index in [2.05, 4.69) is 76.4 Å². The Kier molecular flexibility index (Phi) is 14.3. The van der Waals surface area contributed by atoms with Crippen LogP contribution in [0.3, 0.4) is 0 Å². The maximum absolute atomic E-state index is 6.47. The molecule has 0 N–H and O–H groups in total. The van der Waals surface area contributed by atoms with Gasteiger partial charge in [0.25, 0.3) is 0 Å². The molecule has 0 amide bonds. The minimum absolute atomic E-state index is 0.0406. The summed E-state index contributed by atoms with van der Waals surface area (Å²) in [6.45, 7) is 22.3. The van der Waals surface area contributed by atoms with Crippen molar-refractivity contribution < 1.29 is 18.4 Å². The summed E-state index contributed by atoms with van der Waals surface area (Å²) in [5.74, 6) is 3.79. The largest absolute Gasteiger partial charge is 0.475 e. The second-order valence-corrected chi connectivity index (χ2v) is 15.9. The molecule has 3 atom stereocenters. The average Bonchev–Trinajstić information content (AvgIpc) is 2.95. The summed E-state index contributed by atoms with van der Waals surface area (Å²) in [5.41, 5.74) is 3.99. The van der Waals surface area contributed by atoms with Gasteiger partial charge in [-0.15, -0.1) is 6.42 Å². The van der Waals surface area contributed by atoms with E-state index in [1.807, 2.05) is 56.3 Å². The molecule has 6 heteroatoms. The molecule has 0 spiro atoms. The molecule has 2 rings (SSSR count). The highest BCUT2D eigenvalue weighted by Crippen LogP contribution is 2.53. The normalized spacial score (nSPS) is 14.9. The molecule has 0 aliphatic rings. The zero-order valence-corrected chi connectivity index (χ0v) is 28.2. The van der Waals surface area contributed by atoms with Crippen molar-refractivity contribution in [1.29, 1.82) is 0 Å². The number of terminal acetylenes is 1. The van der Waals surface area contributed by atoms with Gasteiger partial charge < -0.3 is 18.4 Å². The lowest BCUT2D eigenvalue weighted by Gasteiger charge is -2.43. The predicted octanol–water partition coefficient (Wildman–Crippen LogP) is 8.94. The number of aryl methyl sites for hydroxylation is 1. The molecule has 2 aromatic rings. The van der Waals surface area contributed by atoms with E-state index in [9.17, 15) is 0 Å². The standard InChI is InChI=1S/C37H51NO4S/c1-12-34(35-25-33(20-19-28(35)3)42-43(10,11)37(7,8)9)29(4)21-23-38-36(13-2)41-26-31(6)39-24-22-30(5)40-27-32-17-15-14-16-18-32/h1,13-21,23,25,30-31,34H,2,4,22,24,26-27H2,3,5-11H3/b23-21-,38-36?/t30-,31+,34?/m1/s1. The van der Waals surface area contributed by atoms with Gasteiger partial charge in [0.15, 0.2) is 0 Å². The van der Waals surface area contributed by atoms with Crippen molar-refractivity contribution in [3.63, 3.8) is 0 Å². The van der Waals surface area contributed by atoms with Crippen molar-refractivity contribution in [2.45, 2.75) is 77.4 Å². The van der Waals surface area contributed by atoms with Crippen LogP contribution in [0.2, 0.25) is 0 Å². The van der Waals surface area contributed by atoms with E-state index >= 15 is 0 Å². The Bertz CT molecular complexity index is 1280. The van der Waals surface area contributed by atoms with Crippen LogP contribution in [0.5, 0.6) is 5.75 Å². The maximum atomic E-state index is 6.47. The monoisotopic (exact) mass is 605 g/mol. The van der Waals surface area contributed by atoms with E-state index < -0.39 is 10.3 Å². The fourth-order valence-corrected chi connectivity index (χ4v) is 4.61. The van der Waals surface area contributed by atoms with Crippen LogP contribution in [0.4, 0.5) is 0 Å². The minimum atomic E-state index is -1.34. The number of hydrogen-bond acceptors (Lipinski definition) is 5. The molecule has 0 saturated carbocycles. The summed E-state index contributed by atoms with van der Waals surface area (Å²) in [4.78, 5) is 4.41. The van der Waals surface area contributed by atoms with Crippen molar-refractivity contribution in [1.82, 2.24) is 0 Å². The minimum Gasteiger partial charge on any atom is -0.475 e. The number of allylic oxidation sites excluding steroid dienone is 2. The third-order valence-corrected chi connectivity index (χ3v) is 10.9. The van der Waals surface area contributed by atoms with E-state index in [1.165, 1.54) is 0 Å². The van der Waals surface area contributed by atoms with E-state index in [0.717, 1.165) is 34.4 Å². The van der Waals surface area contributed by atoms with Crippen molar-refractivity contribution in [2.24, 2.45) is 4.99 Å². The van der Waals surface area contributed by atoms with Crippen molar-refractivity contribution in [2.75, 3.05) is 25.7 Å². The zero-order valence-electron chi connectivity index (χ0n) is 27.4. The van der Waals surface area contributed by atoms with Crippen LogP contribution in [0.15, 0.2) is 90.6 Å². The number of ether oxygens (including phenoxy) is 3. The molecule has 0 fully saturated rings. The first-order valence-corrected chi connectivity index (χ1v) is 17.1. The molecule has 0 saturated heterocycles. The molecule has 0 aliphatic carbocycles. The molecule has 0 bridgehead atoms. The first-order chi connectivity index (χ1) is 20.3. The van der Waals surface area contributed by atoms with Gasteiger partial charge in [-0.05, 0) is 107 Å². The Hall–Kier alpha value is -3.24. The highest BCUT2D eigenvalue weighted by molar-refractivity contribution is 8.30. The first-order valence-electron chi connectivity index (χ1n) is 14.7. The van der Waals surface area contributed by atoms with Gasteiger partial charge in [0.2, 0.25) is 5.90 Å². The predicted molar refractivity (Wildman–Crippen MR) is 185 cm³/mol. The summed E-state index contributed by atoms with van der Waals surface area (Å²) >= 11 is 0. The molecule has 0 aliphatic heterocycles. The number of hydrogen-bond donors (Lipinski definition) is 0. The SMILES string of the molecule is C#CC(C(=C)/C=C\N=C(C=C)OC[C@H](C)OCC[C@@H](C)OCc1ccccc1)c1cc(OS(C)(C)C(C)(C)C)ccc1C. The van der Waals surface area contributed by atoms with Gasteiger partial charge in [-0.1, -0.05) is 65.8 Å². The van der Waals surface area contributed by atoms with Gasteiger partial charge in [-0.2, -0.15) is 0 Å². The molecular weight excluding hydrogens is 554 g/mol. The van der Waals surface area contributed by atoms with Gasteiger partial charge in [-0.25, -0.2) is 4.99 Å². The smallest absolute Gasteiger partial charge is 0.212 e. The van der Waals surface area contributed by atoms with Gasteiger partial charge >= 0.3 is 0 Å². The van der Waals surface area contributed by atoms with E-state index in [4.69, 9.17) is 24.8 Å². The molecule has 5 nitrogen and oxygen atoms in total. The van der Waals surface area contributed by atoms with Crippen LogP contribution in [-0.2, 0) is 20.8 Å². The second kappa shape index (κ2) is 17.2. The summed E-state index contributed by atoms with van der Waals surface area (Å²) in [6.07, 6.45) is 16.2. The Morgan fingerprint density at radius 1 is 1.07 bits per heavy atom. The Morgan fingerprint density at radius 3 is 2.40 bits per heavy atom. The van der Waals surface area contributed by atoms with Crippen LogP contribution < -0.4 is 4.18 Å². The lowest BCUT2D eigenvalue weighted by molar-refractivity contribution is -0.00929. The number of aliphatic imine (C=N–C) groups is 1. The summed E-state index contributed by atoms with van der Waals surface area (Å²) in [6, 6.07) is 16.3. The quantitative estimate of drug-likeness (QED) is 0.0830. The third kappa shape index (κ3) is 12.1. The van der Waals surface area contributed by atoms with Gasteiger partial charge in [0.1, 0.15) is 12.4 Å². The third-order valence-electron chi connectivity index (χ3n) is 7.31. The second-order valence-electron chi connectivity index (χ2n) is 12.0. The van der Waals surface area contributed by atoms with E-state index in [0.29, 0.717) is 25.7 Å². The van der Waals surface area contributed by atoms with Crippen LogP contribution >= 0.6 is 10.3 Å². The molecule has 1 unspecified atom stereocenters. The fourth-order valence-electron chi connectivity index (χ4n) is 3.78. The average molecular weight is 606 g/mol. The molecule has 0 aromatic heterocycles. The highest BCUT2D eigenvalue weighted by Gasteiger charge is 2.30. The van der Waals surface area contributed by atoms with Gasteiger partial charge in [0, 0.05) is 17.6 Å². The summed E-state index contributed by atoms with van der Waals surface area (Å²) in [7, 11) is -1.34.